The fourth-order valence-corrected chi connectivity index (χ4v) is 2.65. The van der Waals surface area contributed by atoms with E-state index in [1.807, 2.05) is 0 Å². The van der Waals surface area contributed by atoms with Crippen molar-refractivity contribution in [3.8, 4) is 0 Å². The Labute approximate surface area is 132 Å². The Kier molecular flexibility index (Phi) is 6.83. The number of hydrogen-bond donors (Lipinski definition) is 2. The molecule has 1 aromatic rings. The Morgan fingerprint density at radius 2 is 2.14 bits per heavy atom. The van der Waals surface area contributed by atoms with Crippen LogP contribution in [-0.2, 0) is 14.3 Å². The molecule has 0 saturated carbocycles. The van der Waals surface area contributed by atoms with Gasteiger partial charge in [-0.05, 0) is 25.3 Å². The molecule has 1 amide bonds. The van der Waals surface area contributed by atoms with Crippen LogP contribution in [-0.4, -0.2) is 45.4 Å². The zero-order valence-corrected chi connectivity index (χ0v) is 13.4. The van der Waals surface area contributed by atoms with Crippen LogP contribution in [0.15, 0.2) is 24.3 Å². The van der Waals surface area contributed by atoms with Crippen LogP contribution in [0.4, 0.5) is 0 Å². The van der Waals surface area contributed by atoms with E-state index < -0.39 is 0 Å². The first kappa shape index (κ1) is 16.9. The number of rotatable bonds is 7. The van der Waals surface area contributed by atoms with E-state index in [-0.39, 0.29) is 18.1 Å². The average Bonchev–Trinajstić information content (AvgIpc) is 2.53. The van der Waals surface area contributed by atoms with Crippen molar-refractivity contribution in [1.29, 1.82) is 0 Å². The van der Waals surface area contributed by atoms with Gasteiger partial charge in [0.05, 0.1) is 19.2 Å². The highest BCUT2D eigenvalue weighted by atomic mass is 16.5. The number of carbonyl (C=O) groups excluding carboxylic acids is 1. The van der Waals surface area contributed by atoms with E-state index in [1.165, 1.54) is 5.56 Å². The van der Waals surface area contributed by atoms with Crippen molar-refractivity contribution in [3.05, 3.63) is 35.4 Å². The lowest BCUT2D eigenvalue weighted by Crippen LogP contribution is -2.46. The summed E-state index contributed by atoms with van der Waals surface area (Å²) in [6.45, 7) is 4.40. The van der Waals surface area contributed by atoms with Crippen LogP contribution >= 0.6 is 0 Å². The molecular formula is C17H26N2O3. The molecular weight excluding hydrogens is 280 g/mol. The Balaban J connectivity index is 1.89. The Hall–Kier alpha value is -1.43. The highest BCUT2D eigenvalue weighted by molar-refractivity contribution is 5.78. The summed E-state index contributed by atoms with van der Waals surface area (Å²) < 4.78 is 10.8. The number of benzene rings is 1. The molecule has 122 valence electrons. The highest BCUT2D eigenvalue weighted by Gasteiger charge is 2.28. The summed E-state index contributed by atoms with van der Waals surface area (Å²) in [5.41, 5.74) is 2.35. The standard InChI is InChI=1S/C17H26N2O3/c1-13-5-7-14(8-6-13)17-15(4-3-10-22-17)19-16(20)12-18-9-11-21-2/h5-8,15,17-18H,3-4,9-12H2,1-2H3,(H,19,20). The monoisotopic (exact) mass is 306 g/mol. The van der Waals surface area contributed by atoms with Gasteiger partial charge in [0.1, 0.15) is 6.10 Å². The number of carbonyl (C=O) groups is 1. The summed E-state index contributed by atoms with van der Waals surface area (Å²) in [7, 11) is 1.65. The lowest BCUT2D eigenvalue weighted by atomic mass is 9.95. The first-order chi connectivity index (χ1) is 10.7. The van der Waals surface area contributed by atoms with Crippen LogP contribution in [0.2, 0.25) is 0 Å². The third-order valence-corrected chi connectivity index (χ3v) is 3.84. The Morgan fingerprint density at radius 1 is 1.36 bits per heavy atom. The second kappa shape index (κ2) is 8.88. The zero-order valence-electron chi connectivity index (χ0n) is 13.4. The lowest BCUT2D eigenvalue weighted by Gasteiger charge is -2.32. The Bertz CT molecular complexity index is 461. The average molecular weight is 306 g/mol. The molecule has 0 radical (unpaired) electrons. The van der Waals surface area contributed by atoms with Gasteiger partial charge in [-0.1, -0.05) is 29.8 Å². The molecule has 2 unspecified atom stereocenters. The SMILES string of the molecule is COCCNCC(=O)NC1CCCOC1c1ccc(C)cc1. The smallest absolute Gasteiger partial charge is 0.234 e. The van der Waals surface area contributed by atoms with Crippen molar-refractivity contribution in [3.63, 3.8) is 0 Å². The van der Waals surface area contributed by atoms with Gasteiger partial charge in [0.15, 0.2) is 0 Å². The maximum atomic E-state index is 12.0. The van der Waals surface area contributed by atoms with E-state index in [9.17, 15) is 4.79 Å². The second-order valence-corrected chi connectivity index (χ2v) is 5.69. The summed E-state index contributed by atoms with van der Waals surface area (Å²) in [5.74, 6) is 0.00344. The summed E-state index contributed by atoms with van der Waals surface area (Å²) in [4.78, 5) is 12.0. The minimum atomic E-state index is -0.0581. The van der Waals surface area contributed by atoms with E-state index in [0.717, 1.165) is 25.0 Å². The zero-order chi connectivity index (χ0) is 15.8. The topological polar surface area (TPSA) is 59.6 Å². The fraction of sp³-hybridized carbons (Fsp3) is 0.588. The molecule has 0 aromatic heterocycles. The van der Waals surface area contributed by atoms with E-state index in [2.05, 4.69) is 41.8 Å². The minimum Gasteiger partial charge on any atom is -0.383 e. The van der Waals surface area contributed by atoms with Gasteiger partial charge in [-0.15, -0.1) is 0 Å². The first-order valence-electron chi connectivity index (χ1n) is 7.88. The number of methoxy groups -OCH3 is 1. The molecule has 1 fully saturated rings. The van der Waals surface area contributed by atoms with Crippen molar-refractivity contribution in [2.24, 2.45) is 0 Å². The number of nitrogens with one attached hydrogen (secondary N) is 2. The van der Waals surface area contributed by atoms with Crippen molar-refractivity contribution >= 4 is 5.91 Å². The molecule has 0 bridgehead atoms. The highest BCUT2D eigenvalue weighted by Crippen LogP contribution is 2.28. The summed E-state index contributed by atoms with van der Waals surface area (Å²) >= 11 is 0. The molecule has 1 aliphatic heterocycles. The summed E-state index contributed by atoms with van der Waals surface area (Å²) in [5, 5.41) is 6.15. The number of amides is 1. The largest absolute Gasteiger partial charge is 0.383 e. The summed E-state index contributed by atoms with van der Waals surface area (Å²) in [6, 6.07) is 8.37. The van der Waals surface area contributed by atoms with Crippen molar-refractivity contribution < 1.29 is 14.3 Å². The van der Waals surface area contributed by atoms with Gasteiger partial charge < -0.3 is 20.1 Å². The lowest BCUT2D eigenvalue weighted by molar-refractivity contribution is -0.123. The van der Waals surface area contributed by atoms with Crippen molar-refractivity contribution in [1.82, 2.24) is 10.6 Å². The molecule has 2 rings (SSSR count). The maximum absolute atomic E-state index is 12.0. The molecule has 5 nitrogen and oxygen atoms in total. The van der Waals surface area contributed by atoms with Gasteiger partial charge in [-0.2, -0.15) is 0 Å². The second-order valence-electron chi connectivity index (χ2n) is 5.69. The van der Waals surface area contributed by atoms with Crippen LogP contribution < -0.4 is 10.6 Å². The van der Waals surface area contributed by atoms with E-state index >= 15 is 0 Å². The maximum Gasteiger partial charge on any atom is 0.234 e. The predicted octanol–water partition coefficient (Wildman–Crippen LogP) is 1.57. The fourth-order valence-electron chi connectivity index (χ4n) is 2.65. The van der Waals surface area contributed by atoms with Gasteiger partial charge >= 0.3 is 0 Å². The van der Waals surface area contributed by atoms with Gasteiger partial charge in [-0.25, -0.2) is 0 Å². The van der Waals surface area contributed by atoms with E-state index in [4.69, 9.17) is 9.47 Å². The van der Waals surface area contributed by atoms with Gasteiger partial charge in [-0.3, -0.25) is 4.79 Å². The molecule has 1 heterocycles. The quantitative estimate of drug-likeness (QED) is 0.751. The predicted molar refractivity (Wildman–Crippen MR) is 85.8 cm³/mol. The van der Waals surface area contributed by atoms with Gasteiger partial charge in [0.25, 0.3) is 0 Å². The number of aryl methyl sites for hydroxylation is 1. The normalized spacial score (nSPS) is 21.5. The molecule has 1 aromatic carbocycles. The van der Waals surface area contributed by atoms with Gasteiger partial charge in [0, 0.05) is 20.3 Å². The molecule has 2 N–H and O–H groups in total. The van der Waals surface area contributed by atoms with Crippen LogP contribution in [0.1, 0.15) is 30.1 Å². The van der Waals surface area contributed by atoms with Crippen molar-refractivity contribution in [2.75, 3.05) is 33.4 Å². The Morgan fingerprint density at radius 3 is 2.86 bits per heavy atom. The van der Waals surface area contributed by atoms with Crippen LogP contribution in [0.25, 0.3) is 0 Å². The molecule has 1 saturated heterocycles. The van der Waals surface area contributed by atoms with Crippen LogP contribution in [0.5, 0.6) is 0 Å². The first-order valence-corrected chi connectivity index (χ1v) is 7.88. The van der Waals surface area contributed by atoms with Crippen molar-refractivity contribution in [2.45, 2.75) is 31.9 Å². The number of ether oxygens (including phenoxy) is 2. The molecule has 1 aliphatic rings. The molecule has 0 spiro atoms. The molecule has 5 heteroatoms. The third-order valence-electron chi connectivity index (χ3n) is 3.84. The summed E-state index contributed by atoms with van der Waals surface area (Å²) in [6.07, 6.45) is 1.87. The molecule has 0 aliphatic carbocycles. The van der Waals surface area contributed by atoms with E-state index in [0.29, 0.717) is 19.7 Å². The van der Waals surface area contributed by atoms with E-state index in [1.54, 1.807) is 7.11 Å². The molecule has 2 atom stereocenters. The van der Waals surface area contributed by atoms with Crippen LogP contribution in [0, 0.1) is 6.92 Å². The van der Waals surface area contributed by atoms with Gasteiger partial charge in [0.2, 0.25) is 5.91 Å². The number of hydrogen-bond acceptors (Lipinski definition) is 4. The minimum absolute atomic E-state index is 0.00344. The van der Waals surface area contributed by atoms with Crippen LogP contribution in [0.3, 0.4) is 0 Å². The molecule has 22 heavy (non-hydrogen) atoms. The third kappa shape index (κ3) is 5.09.